The van der Waals surface area contributed by atoms with Crippen LogP contribution in [0.2, 0.25) is 0 Å². The number of hydrogen-bond acceptors (Lipinski definition) is 4. The van der Waals surface area contributed by atoms with Crippen LogP contribution in [0.1, 0.15) is 0 Å². The third-order valence-electron chi connectivity index (χ3n) is 1.99. The second-order valence-electron chi connectivity index (χ2n) is 3.35. The minimum Gasteiger partial charge on any atom is -0.373 e. The minimum absolute atomic E-state index is 0. The molecule has 1 radical (unpaired) electrons. The molecule has 0 saturated heterocycles. The SMILES string of the molecule is O=S(=O)(Oc1cnn(-c2[c-]cccc2)c1)C(F)(F)F.[Ir]. The number of halogens is 3. The summed E-state index contributed by atoms with van der Waals surface area (Å²) >= 11 is 0. The van der Waals surface area contributed by atoms with Crippen molar-refractivity contribution in [2.45, 2.75) is 5.51 Å². The predicted octanol–water partition coefficient (Wildman–Crippen LogP) is 1.90. The summed E-state index contributed by atoms with van der Waals surface area (Å²) in [5.74, 6) is -0.533. The molecule has 5 nitrogen and oxygen atoms in total. The van der Waals surface area contributed by atoms with E-state index in [0.717, 1.165) is 17.1 Å². The molecule has 0 amide bonds. The maximum atomic E-state index is 12.1. The summed E-state index contributed by atoms with van der Waals surface area (Å²) < 4.78 is 62.9. The molecule has 0 unspecified atom stereocenters. The van der Waals surface area contributed by atoms with Crippen LogP contribution in [0.4, 0.5) is 13.2 Å². The van der Waals surface area contributed by atoms with E-state index < -0.39 is 21.4 Å². The summed E-state index contributed by atoms with van der Waals surface area (Å²) in [6, 6.07) is 9.29. The van der Waals surface area contributed by atoms with Crippen molar-refractivity contribution >= 4 is 10.1 Å². The molecule has 0 bridgehead atoms. The summed E-state index contributed by atoms with van der Waals surface area (Å²) in [4.78, 5) is 0. The van der Waals surface area contributed by atoms with Crippen LogP contribution in [-0.2, 0) is 30.2 Å². The first kappa shape index (κ1) is 16.7. The minimum atomic E-state index is -5.68. The van der Waals surface area contributed by atoms with Gasteiger partial charge in [0.15, 0.2) is 5.75 Å². The molecule has 2 rings (SSSR count). The second-order valence-corrected chi connectivity index (χ2v) is 4.89. The van der Waals surface area contributed by atoms with E-state index >= 15 is 0 Å². The average molecular weight is 483 g/mol. The first-order valence-electron chi connectivity index (χ1n) is 4.82. The Kier molecular flexibility index (Phi) is 4.95. The topological polar surface area (TPSA) is 61.2 Å². The molecule has 0 saturated carbocycles. The van der Waals surface area contributed by atoms with Crippen molar-refractivity contribution in [1.82, 2.24) is 9.78 Å². The van der Waals surface area contributed by atoms with Crippen molar-refractivity contribution in [2.75, 3.05) is 0 Å². The van der Waals surface area contributed by atoms with Crippen molar-refractivity contribution in [1.29, 1.82) is 0 Å². The Morgan fingerprint density at radius 3 is 2.55 bits per heavy atom. The summed E-state index contributed by atoms with van der Waals surface area (Å²) in [6.07, 6.45) is 1.87. The van der Waals surface area contributed by atoms with Crippen molar-refractivity contribution in [3.63, 3.8) is 0 Å². The summed E-state index contributed by atoms with van der Waals surface area (Å²) in [5.41, 5.74) is -5.05. The van der Waals surface area contributed by atoms with E-state index in [-0.39, 0.29) is 20.1 Å². The Balaban J connectivity index is 0.00000200. The van der Waals surface area contributed by atoms with Gasteiger partial charge in [-0.1, -0.05) is 0 Å². The number of hydrogen-bond donors (Lipinski definition) is 0. The number of para-hydroxylation sites is 1. The van der Waals surface area contributed by atoms with Gasteiger partial charge in [0.2, 0.25) is 0 Å². The van der Waals surface area contributed by atoms with E-state index in [9.17, 15) is 21.6 Å². The van der Waals surface area contributed by atoms with Gasteiger partial charge < -0.3 is 4.18 Å². The van der Waals surface area contributed by atoms with E-state index in [2.05, 4.69) is 15.3 Å². The molecule has 111 valence electrons. The zero-order valence-electron chi connectivity index (χ0n) is 9.46. The van der Waals surface area contributed by atoms with Gasteiger partial charge in [0.25, 0.3) is 0 Å². The monoisotopic (exact) mass is 484 g/mol. The molecule has 0 aliphatic rings. The third kappa shape index (κ3) is 3.59. The van der Waals surface area contributed by atoms with Crippen LogP contribution in [0, 0.1) is 6.07 Å². The van der Waals surface area contributed by atoms with E-state index in [4.69, 9.17) is 0 Å². The van der Waals surface area contributed by atoms with E-state index in [0.29, 0.717) is 5.69 Å². The molecule has 1 aromatic carbocycles. The van der Waals surface area contributed by atoms with Crippen LogP contribution in [0.15, 0.2) is 36.7 Å². The van der Waals surface area contributed by atoms with Gasteiger partial charge >= 0.3 is 15.6 Å². The van der Waals surface area contributed by atoms with E-state index in [1.807, 2.05) is 0 Å². The number of aromatic nitrogens is 2. The smallest absolute Gasteiger partial charge is 0.373 e. The van der Waals surface area contributed by atoms with Crippen LogP contribution in [0.25, 0.3) is 5.69 Å². The van der Waals surface area contributed by atoms with Gasteiger partial charge in [-0.25, -0.2) is 0 Å². The molecular weight excluding hydrogens is 477 g/mol. The van der Waals surface area contributed by atoms with Gasteiger partial charge in [0.1, 0.15) is 0 Å². The molecule has 10 heteroatoms. The largest absolute Gasteiger partial charge is 0.534 e. The first-order valence-corrected chi connectivity index (χ1v) is 6.23. The quantitative estimate of drug-likeness (QED) is 0.380. The van der Waals surface area contributed by atoms with Crippen LogP contribution < -0.4 is 4.18 Å². The molecule has 1 heterocycles. The van der Waals surface area contributed by atoms with Gasteiger partial charge in [-0.2, -0.15) is 51.0 Å². The van der Waals surface area contributed by atoms with Crippen molar-refractivity contribution in [2.24, 2.45) is 0 Å². The van der Waals surface area contributed by atoms with Gasteiger partial charge in [0, 0.05) is 20.1 Å². The standard InChI is InChI=1S/C10H6F3N2O3S.Ir/c11-10(12,13)19(16,17)18-9-6-14-15(7-9)8-4-2-1-3-5-8;/h1-4,6-7H;/q-1;. The Hall–Kier alpha value is -1.38. The van der Waals surface area contributed by atoms with Gasteiger partial charge in [-0.15, -0.1) is 6.07 Å². The number of nitrogens with zero attached hydrogens (tertiary/aromatic N) is 2. The molecule has 0 aliphatic carbocycles. The fourth-order valence-electron chi connectivity index (χ4n) is 1.18. The molecular formula is C10H6F3IrN2O3S-. The first-order chi connectivity index (χ1) is 8.79. The zero-order chi connectivity index (χ0) is 14.1. The molecule has 0 fully saturated rings. The Bertz CT molecular complexity index is 671. The number of rotatable bonds is 3. The Morgan fingerprint density at radius 1 is 1.30 bits per heavy atom. The van der Waals surface area contributed by atoms with Crippen molar-refractivity contribution < 1.29 is 45.9 Å². The van der Waals surface area contributed by atoms with Gasteiger partial charge in [-0.3, -0.25) is 4.68 Å². The fourth-order valence-corrected chi connectivity index (χ4v) is 1.62. The van der Waals surface area contributed by atoms with Crippen molar-refractivity contribution in [3.8, 4) is 11.4 Å². The molecule has 1 aromatic heterocycles. The third-order valence-corrected chi connectivity index (χ3v) is 2.97. The maximum Gasteiger partial charge on any atom is 0.534 e. The molecule has 0 aliphatic heterocycles. The molecule has 20 heavy (non-hydrogen) atoms. The number of alkyl halides is 3. The van der Waals surface area contributed by atoms with Crippen LogP contribution in [0.5, 0.6) is 5.75 Å². The summed E-state index contributed by atoms with van der Waals surface area (Å²) in [7, 11) is -5.68. The van der Waals surface area contributed by atoms with Crippen molar-refractivity contribution in [3.05, 3.63) is 42.7 Å². The van der Waals surface area contributed by atoms with E-state index in [1.165, 1.54) is 0 Å². The number of benzene rings is 1. The van der Waals surface area contributed by atoms with E-state index in [1.54, 1.807) is 24.3 Å². The molecule has 0 atom stereocenters. The molecule has 2 aromatic rings. The second kappa shape index (κ2) is 5.94. The predicted molar refractivity (Wildman–Crippen MR) is 58.0 cm³/mol. The molecule has 0 spiro atoms. The van der Waals surface area contributed by atoms with Crippen LogP contribution in [-0.4, -0.2) is 23.7 Å². The van der Waals surface area contributed by atoms with Crippen LogP contribution in [0.3, 0.4) is 0 Å². The normalized spacial score (nSPS) is 11.8. The average Bonchev–Trinajstić information content (AvgIpc) is 2.76. The Labute approximate surface area is 125 Å². The van der Waals surface area contributed by atoms with Gasteiger partial charge in [0.05, 0.1) is 12.4 Å². The van der Waals surface area contributed by atoms with Gasteiger partial charge in [-0.05, 0) is 5.69 Å². The summed E-state index contributed by atoms with van der Waals surface area (Å²) in [5, 5.41) is 3.68. The maximum absolute atomic E-state index is 12.1. The zero-order valence-corrected chi connectivity index (χ0v) is 12.7. The fraction of sp³-hybridized carbons (Fsp3) is 0.100. The van der Waals surface area contributed by atoms with Crippen LogP contribution >= 0.6 is 0 Å². The summed E-state index contributed by atoms with van der Waals surface area (Å²) in [6.45, 7) is 0. The molecule has 0 N–H and O–H groups in total. The Morgan fingerprint density at radius 2 is 2.00 bits per heavy atom.